The number of rotatable bonds is 8. The van der Waals surface area contributed by atoms with E-state index in [1.807, 2.05) is 39.0 Å². The first-order chi connectivity index (χ1) is 18.9. The van der Waals surface area contributed by atoms with Crippen LogP contribution in [0.3, 0.4) is 0 Å². The van der Waals surface area contributed by atoms with Crippen molar-refractivity contribution in [3.05, 3.63) is 53.1 Å². The lowest BCUT2D eigenvalue weighted by Gasteiger charge is -2.27. The van der Waals surface area contributed by atoms with Crippen LogP contribution in [0.25, 0.3) is 22.0 Å². The molecule has 1 atom stereocenters. The molecule has 0 bridgehead atoms. The van der Waals surface area contributed by atoms with Crippen molar-refractivity contribution >= 4 is 17.5 Å². The Morgan fingerprint density at radius 2 is 2.05 bits per heavy atom. The number of nitriles is 1. The Bertz CT molecular complexity index is 1450. The van der Waals surface area contributed by atoms with Crippen LogP contribution < -0.4 is 4.74 Å². The monoisotopic (exact) mass is 542 g/mol. The summed E-state index contributed by atoms with van der Waals surface area (Å²) in [6.07, 6.45) is 5.12. The summed E-state index contributed by atoms with van der Waals surface area (Å²) in [5.41, 5.74) is 5.10. The van der Waals surface area contributed by atoms with E-state index >= 15 is 0 Å². The van der Waals surface area contributed by atoms with Gasteiger partial charge in [-0.25, -0.2) is 4.98 Å². The van der Waals surface area contributed by atoms with E-state index in [0.29, 0.717) is 17.9 Å². The Morgan fingerprint density at radius 1 is 1.21 bits per heavy atom. The zero-order chi connectivity index (χ0) is 27.2. The summed E-state index contributed by atoms with van der Waals surface area (Å²) in [5, 5.41) is 10.4. The van der Waals surface area contributed by atoms with Crippen LogP contribution in [0.4, 0.5) is 0 Å². The topological polar surface area (TPSA) is 88.3 Å². The summed E-state index contributed by atoms with van der Waals surface area (Å²) in [7, 11) is 0. The van der Waals surface area contributed by atoms with Crippen LogP contribution in [0.2, 0.25) is 0 Å². The Morgan fingerprint density at radius 3 is 2.79 bits per heavy atom. The highest BCUT2D eigenvalue weighted by molar-refractivity contribution is 7.09. The Labute approximate surface area is 233 Å². The predicted octanol–water partition coefficient (Wildman–Crippen LogP) is 5.76. The normalized spacial score (nSPS) is 21.2. The maximum atomic E-state index is 12.5. The van der Waals surface area contributed by atoms with Gasteiger partial charge in [0.25, 0.3) is 0 Å². The van der Waals surface area contributed by atoms with Crippen LogP contribution >= 0.6 is 11.5 Å². The van der Waals surface area contributed by atoms with Gasteiger partial charge >= 0.3 is 5.97 Å². The fourth-order valence-electron chi connectivity index (χ4n) is 6.43. The predicted molar refractivity (Wildman–Crippen MR) is 151 cm³/mol. The molecule has 39 heavy (non-hydrogen) atoms. The lowest BCUT2D eigenvalue weighted by Crippen LogP contribution is -2.36. The van der Waals surface area contributed by atoms with Gasteiger partial charge in [-0.2, -0.15) is 9.64 Å². The van der Waals surface area contributed by atoms with Crippen LogP contribution in [0.15, 0.2) is 36.4 Å². The fourth-order valence-corrected chi connectivity index (χ4v) is 7.10. The molecule has 0 radical (unpaired) electrons. The molecule has 1 aliphatic heterocycles. The van der Waals surface area contributed by atoms with Gasteiger partial charge in [0.15, 0.2) is 5.82 Å². The number of hydrogen-bond donors (Lipinski definition) is 0. The number of fused-ring (bicyclic) bond motifs is 2. The van der Waals surface area contributed by atoms with E-state index in [9.17, 15) is 10.1 Å². The second-order valence-electron chi connectivity index (χ2n) is 11.5. The number of benzene rings is 2. The van der Waals surface area contributed by atoms with Crippen molar-refractivity contribution in [1.82, 2.24) is 14.3 Å². The number of ether oxygens (including phenoxy) is 2. The number of aromatic nitrogens is 2. The number of likely N-dealkylation sites (tertiary alicyclic amines) is 1. The van der Waals surface area contributed by atoms with Gasteiger partial charge in [0.1, 0.15) is 16.8 Å². The lowest BCUT2D eigenvalue weighted by atomic mass is 9.81. The summed E-state index contributed by atoms with van der Waals surface area (Å²) in [4.78, 5) is 19.9. The summed E-state index contributed by atoms with van der Waals surface area (Å²) in [5.74, 6) is 1.32. The molecule has 1 aromatic heterocycles. The van der Waals surface area contributed by atoms with Gasteiger partial charge in [-0.1, -0.05) is 18.2 Å². The van der Waals surface area contributed by atoms with E-state index in [0.717, 1.165) is 73.7 Å². The molecule has 1 spiro atoms. The zero-order valence-electron chi connectivity index (χ0n) is 22.8. The molecule has 2 aliphatic carbocycles. The first kappa shape index (κ1) is 26.0. The zero-order valence-corrected chi connectivity index (χ0v) is 23.6. The molecule has 0 amide bonds. The molecule has 3 aliphatic rings. The lowest BCUT2D eigenvalue weighted by molar-refractivity contribution is -0.150. The minimum Gasteiger partial charge on any atom is -0.490 e. The van der Waals surface area contributed by atoms with Crippen molar-refractivity contribution < 1.29 is 14.3 Å². The molecule has 1 saturated heterocycles. The third kappa shape index (κ3) is 4.72. The SMILES string of the molecule is CCOC(=O)C1(CN2CCC3(CCc4c(-c5nsc(-c6ccc(OC(C)C)c(C#N)c6)n5)cccc43)C2)CC1. The summed E-state index contributed by atoms with van der Waals surface area (Å²) < 4.78 is 15.9. The van der Waals surface area contributed by atoms with Gasteiger partial charge in [-0.05, 0) is 100 Å². The molecule has 2 heterocycles. The average Bonchev–Trinajstić information content (AvgIpc) is 3.25. The fraction of sp³-hybridized carbons (Fsp3) is 0.484. The largest absolute Gasteiger partial charge is 0.490 e. The van der Waals surface area contributed by atoms with Crippen LogP contribution in [0.5, 0.6) is 5.75 Å². The van der Waals surface area contributed by atoms with Crippen molar-refractivity contribution in [2.24, 2.45) is 5.41 Å². The average molecular weight is 543 g/mol. The highest BCUT2D eigenvalue weighted by atomic mass is 32.1. The van der Waals surface area contributed by atoms with Gasteiger partial charge in [0.2, 0.25) is 0 Å². The highest BCUT2D eigenvalue weighted by Crippen LogP contribution is 2.52. The van der Waals surface area contributed by atoms with E-state index < -0.39 is 0 Å². The third-order valence-corrected chi connectivity index (χ3v) is 9.26. The van der Waals surface area contributed by atoms with Gasteiger partial charge in [-0.3, -0.25) is 4.79 Å². The van der Waals surface area contributed by atoms with Gasteiger partial charge in [0.05, 0.1) is 23.7 Å². The van der Waals surface area contributed by atoms with Gasteiger partial charge in [0, 0.05) is 29.6 Å². The number of hydrogen-bond acceptors (Lipinski definition) is 8. The number of carbonyl (C=O) groups is 1. The van der Waals surface area contributed by atoms with Gasteiger partial charge in [-0.15, -0.1) is 0 Å². The van der Waals surface area contributed by atoms with E-state index in [-0.39, 0.29) is 22.9 Å². The second kappa shape index (κ2) is 10.0. The Hall–Kier alpha value is -3.28. The quantitative estimate of drug-likeness (QED) is 0.334. The van der Waals surface area contributed by atoms with Gasteiger partial charge < -0.3 is 14.4 Å². The van der Waals surface area contributed by atoms with E-state index in [4.69, 9.17) is 18.8 Å². The van der Waals surface area contributed by atoms with Crippen LogP contribution in [-0.4, -0.2) is 52.6 Å². The molecule has 6 rings (SSSR count). The summed E-state index contributed by atoms with van der Waals surface area (Å²) in [6.45, 7) is 9.04. The second-order valence-corrected chi connectivity index (χ2v) is 12.2. The van der Waals surface area contributed by atoms with Crippen molar-refractivity contribution in [3.63, 3.8) is 0 Å². The minimum absolute atomic E-state index is 0.00103. The molecule has 0 N–H and O–H groups in total. The van der Waals surface area contributed by atoms with E-state index in [1.54, 1.807) is 0 Å². The van der Waals surface area contributed by atoms with E-state index in [1.165, 1.54) is 22.7 Å². The van der Waals surface area contributed by atoms with Crippen molar-refractivity contribution in [2.45, 2.75) is 64.4 Å². The molecule has 2 aromatic carbocycles. The summed E-state index contributed by atoms with van der Waals surface area (Å²) >= 11 is 1.36. The standard InChI is InChI=1S/C31H34N4O3S/c1-4-37-29(36)31(12-13-31)19-35-15-14-30(18-35)11-10-23-24(6-5-7-25(23)30)27-33-28(39-34-27)21-8-9-26(38-20(2)3)22(16-21)17-32/h5-9,16,20H,4,10-15,18-19H2,1-3H3. The molecule has 7 nitrogen and oxygen atoms in total. The molecule has 1 saturated carbocycles. The van der Waals surface area contributed by atoms with Crippen LogP contribution in [0.1, 0.15) is 63.1 Å². The Kier molecular flexibility index (Phi) is 6.68. The first-order valence-electron chi connectivity index (χ1n) is 13.9. The number of carbonyl (C=O) groups excluding carboxylic acids is 1. The minimum atomic E-state index is -0.281. The molecular weight excluding hydrogens is 508 g/mol. The smallest absolute Gasteiger partial charge is 0.313 e. The Balaban J connectivity index is 1.23. The molecule has 2 fully saturated rings. The van der Waals surface area contributed by atoms with Crippen LogP contribution in [0, 0.1) is 16.7 Å². The maximum Gasteiger partial charge on any atom is 0.313 e. The van der Waals surface area contributed by atoms with Crippen molar-refractivity contribution in [3.8, 4) is 33.8 Å². The van der Waals surface area contributed by atoms with Crippen LogP contribution in [-0.2, 0) is 21.4 Å². The van der Waals surface area contributed by atoms with E-state index in [2.05, 4.69) is 29.2 Å². The molecule has 1 unspecified atom stereocenters. The highest BCUT2D eigenvalue weighted by Gasteiger charge is 2.54. The number of nitrogens with zero attached hydrogens (tertiary/aromatic N) is 4. The molecular formula is C31H34N4O3S. The molecule has 8 heteroatoms. The first-order valence-corrected chi connectivity index (χ1v) is 14.7. The maximum absolute atomic E-state index is 12.5. The molecule has 202 valence electrons. The van der Waals surface area contributed by atoms with Crippen molar-refractivity contribution in [1.29, 1.82) is 5.26 Å². The van der Waals surface area contributed by atoms with Crippen molar-refractivity contribution in [2.75, 3.05) is 26.2 Å². The number of esters is 1. The molecule has 3 aromatic rings. The summed E-state index contributed by atoms with van der Waals surface area (Å²) in [6, 6.07) is 14.4. The third-order valence-electron chi connectivity index (χ3n) is 8.50.